The summed E-state index contributed by atoms with van der Waals surface area (Å²) in [6.45, 7) is 7.56. The Hall–Kier alpha value is -2.61. The number of rotatable bonds is 11. The number of nitro benzene ring substituents is 1. The van der Waals surface area contributed by atoms with Crippen molar-refractivity contribution in [3.63, 3.8) is 0 Å². The van der Waals surface area contributed by atoms with Gasteiger partial charge in [0.2, 0.25) is 5.75 Å². The molecule has 1 aliphatic heterocycles. The van der Waals surface area contributed by atoms with Crippen LogP contribution in [0.25, 0.3) is 11.3 Å². The van der Waals surface area contributed by atoms with E-state index in [-0.39, 0.29) is 11.4 Å². The van der Waals surface area contributed by atoms with Crippen molar-refractivity contribution in [2.75, 3.05) is 26.8 Å². The number of methoxy groups -OCH3 is 1. The van der Waals surface area contributed by atoms with Crippen LogP contribution in [0.5, 0.6) is 11.5 Å². The van der Waals surface area contributed by atoms with Gasteiger partial charge in [0, 0.05) is 42.4 Å². The molecule has 0 amide bonds. The lowest BCUT2D eigenvalue weighted by atomic mass is 10.00. The van der Waals surface area contributed by atoms with Crippen LogP contribution in [0.2, 0.25) is 0 Å². The van der Waals surface area contributed by atoms with E-state index in [2.05, 4.69) is 28.9 Å². The van der Waals surface area contributed by atoms with E-state index in [1.54, 1.807) is 12.1 Å². The summed E-state index contributed by atoms with van der Waals surface area (Å²) < 4.78 is 11.3. The third-order valence-corrected chi connectivity index (χ3v) is 5.52. The van der Waals surface area contributed by atoms with E-state index < -0.39 is 4.92 Å². The van der Waals surface area contributed by atoms with E-state index in [0.29, 0.717) is 17.9 Å². The number of nitrogens with one attached hydrogen (secondary N) is 1. The minimum absolute atomic E-state index is 0.0854. The zero-order valence-corrected chi connectivity index (χ0v) is 18.2. The van der Waals surface area contributed by atoms with E-state index in [1.165, 1.54) is 7.11 Å². The van der Waals surface area contributed by atoms with E-state index in [0.717, 1.165) is 75.1 Å². The highest BCUT2D eigenvalue weighted by molar-refractivity contribution is 5.73. The summed E-state index contributed by atoms with van der Waals surface area (Å²) in [7, 11) is 1.51. The zero-order chi connectivity index (χ0) is 21.5. The summed E-state index contributed by atoms with van der Waals surface area (Å²) >= 11 is 0. The van der Waals surface area contributed by atoms with E-state index >= 15 is 0 Å². The lowest BCUT2D eigenvalue weighted by molar-refractivity contribution is -0.385. The number of aromatic nitrogens is 2. The number of fused-ring (bicyclic) bond motifs is 1. The van der Waals surface area contributed by atoms with Gasteiger partial charge in [-0.1, -0.05) is 33.1 Å². The predicted octanol–water partition coefficient (Wildman–Crippen LogP) is 4.72. The first-order valence-corrected chi connectivity index (χ1v) is 10.9. The van der Waals surface area contributed by atoms with Crippen molar-refractivity contribution in [3.05, 3.63) is 33.5 Å². The normalized spacial score (nSPS) is 13.8. The lowest BCUT2D eigenvalue weighted by Gasteiger charge is -2.26. The molecule has 1 aromatic carbocycles. The second-order valence-corrected chi connectivity index (χ2v) is 7.75. The molecule has 2 aromatic rings. The molecule has 1 aromatic heterocycles. The average Bonchev–Trinajstić information content (AvgIpc) is 3.16. The van der Waals surface area contributed by atoms with Crippen molar-refractivity contribution in [2.24, 2.45) is 0 Å². The molecule has 8 nitrogen and oxygen atoms in total. The Labute approximate surface area is 177 Å². The van der Waals surface area contributed by atoms with Crippen molar-refractivity contribution in [1.29, 1.82) is 0 Å². The van der Waals surface area contributed by atoms with Crippen LogP contribution >= 0.6 is 0 Å². The smallest absolute Gasteiger partial charge is 0.315 e. The van der Waals surface area contributed by atoms with Gasteiger partial charge in [0.25, 0.3) is 0 Å². The molecule has 30 heavy (non-hydrogen) atoms. The maximum Gasteiger partial charge on any atom is 0.315 e. The van der Waals surface area contributed by atoms with Crippen molar-refractivity contribution in [3.8, 4) is 22.8 Å². The number of hydrogen-bond donors (Lipinski definition) is 1. The average molecular weight is 417 g/mol. The topological polar surface area (TPSA) is 93.5 Å². The minimum atomic E-state index is -0.407. The van der Waals surface area contributed by atoms with Gasteiger partial charge in [-0.25, -0.2) is 0 Å². The third-order valence-electron chi connectivity index (χ3n) is 5.52. The number of unbranched alkanes of at least 4 members (excludes halogenated alkanes) is 3. The van der Waals surface area contributed by atoms with Crippen LogP contribution in [0.3, 0.4) is 0 Å². The Morgan fingerprint density at radius 2 is 2.07 bits per heavy atom. The largest absolute Gasteiger partial charge is 0.493 e. The second kappa shape index (κ2) is 10.4. The van der Waals surface area contributed by atoms with Crippen LogP contribution in [0.4, 0.5) is 5.69 Å². The van der Waals surface area contributed by atoms with Crippen molar-refractivity contribution < 1.29 is 14.4 Å². The van der Waals surface area contributed by atoms with Crippen LogP contribution in [-0.4, -0.2) is 46.8 Å². The highest BCUT2D eigenvalue weighted by atomic mass is 16.6. The Morgan fingerprint density at radius 1 is 1.23 bits per heavy atom. The SMILES string of the molecule is CCCCCCOc1c(OC)cc(-c2n[nH]c3c2CN(CCC)CC3)cc1[N+](=O)[O-]. The monoisotopic (exact) mass is 416 g/mol. The van der Waals surface area contributed by atoms with E-state index in [4.69, 9.17) is 9.47 Å². The zero-order valence-electron chi connectivity index (χ0n) is 18.2. The second-order valence-electron chi connectivity index (χ2n) is 7.75. The molecule has 8 heteroatoms. The number of H-pyrrole nitrogens is 1. The van der Waals surface area contributed by atoms with Gasteiger partial charge in [-0.15, -0.1) is 0 Å². The van der Waals surface area contributed by atoms with Crippen LogP contribution < -0.4 is 9.47 Å². The maximum absolute atomic E-state index is 11.8. The van der Waals surface area contributed by atoms with Gasteiger partial charge in [-0.3, -0.25) is 20.1 Å². The van der Waals surface area contributed by atoms with Crippen LogP contribution in [0.15, 0.2) is 12.1 Å². The molecule has 3 rings (SSSR count). The van der Waals surface area contributed by atoms with Crippen LogP contribution in [-0.2, 0) is 13.0 Å². The van der Waals surface area contributed by atoms with Crippen molar-refractivity contribution in [2.45, 2.75) is 58.9 Å². The molecule has 1 N–H and O–H groups in total. The molecule has 0 saturated carbocycles. The lowest BCUT2D eigenvalue weighted by Crippen LogP contribution is -2.31. The highest BCUT2D eigenvalue weighted by Crippen LogP contribution is 2.42. The number of aromatic amines is 1. The molecule has 0 aliphatic carbocycles. The molecule has 0 bridgehead atoms. The standard InChI is InChI=1S/C22H32N4O4/c1-4-6-7-8-12-30-22-19(26(27)28)13-16(14-20(22)29-3)21-17-15-25(10-5-2)11-9-18(17)23-24-21/h13-14H,4-12,15H2,1-3H3,(H,23,24). The molecule has 0 radical (unpaired) electrons. The van der Waals surface area contributed by atoms with Gasteiger partial charge in [0.1, 0.15) is 0 Å². The Kier molecular flexibility index (Phi) is 7.68. The maximum atomic E-state index is 11.8. The van der Waals surface area contributed by atoms with Gasteiger partial charge in [0.15, 0.2) is 5.75 Å². The van der Waals surface area contributed by atoms with Gasteiger partial charge < -0.3 is 9.47 Å². The molecule has 0 fully saturated rings. The first-order chi connectivity index (χ1) is 14.6. The molecular weight excluding hydrogens is 384 g/mol. The summed E-state index contributed by atoms with van der Waals surface area (Å²) in [6.07, 6.45) is 6.14. The molecule has 0 atom stereocenters. The van der Waals surface area contributed by atoms with Crippen molar-refractivity contribution >= 4 is 5.69 Å². The van der Waals surface area contributed by atoms with Gasteiger partial charge >= 0.3 is 5.69 Å². The Morgan fingerprint density at radius 3 is 2.77 bits per heavy atom. The predicted molar refractivity (Wildman–Crippen MR) is 116 cm³/mol. The summed E-state index contributed by atoms with van der Waals surface area (Å²) in [5, 5.41) is 19.4. The van der Waals surface area contributed by atoms with E-state index in [9.17, 15) is 10.1 Å². The van der Waals surface area contributed by atoms with Crippen LogP contribution in [0.1, 0.15) is 57.2 Å². The number of hydrogen-bond acceptors (Lipinski definition) is 6. The molecule has 1 aliphatic rings. The summed E-state index contributed by atoms with van der Waals surface area (Å²) in [5.41, 5.74) is 3.56. The highest BCUT2D eigenvalue weighted by Gasteiger charge is 2.27. The number of nitro groups is 1. The summed E-state index contributed by atoms with van der Waals surface area (Å²) in [4.78, 5) is 13.8. The number of benzene rings is 1. The number of ether oxygens (including phenoxy) is 2. The molecule has 0 saturated heterocycles. The molecular formula is C22H32N4O4. The molecule has 2 heterocycles. The first kappa shape index (κ1) is 22.1. The van der Waals surface area contributed by atoms with Crippen molar-refractivity contribution in [1.82, 2.24) is 15.1 Å². The fourth-order valence-electron chi connectivity index (χ4n) is 3.96. The fourth-order valence-corrected chi connectivity index (χ4v) is 3.96. The number of nitrogens with zero attached hydrogens (tertiary/aromatic N) is 3. The quantitative estimate of drug-likeness (QED) is 0.324. The van der Waals surface area contributed by atoms with E-state index in [1.807, 2.05) is 0 Å². The van der Waals surface area contributed by atoms with Gasteiger partial charge in [0.05, 0.1) is 24.3 Å². The fraction of sp³-hybridized carbons (Fsp3) is 0.591. The molecule has 0 spiro atoms. The first-order valence-electron chi connectivity index (χ1n) is 10.9. The summed E-state index contributed by atoms with van der Waals surface area (Å²) in [6, 6.07) is 3.35. The minimum Gasteiger partial charge on any atom is -0.493 e. The third kappa shape index (κ3) is 4.92. The summed E-state index contributed by atoms with van der Waals surface area (Å²) in [5.74, 6) is 0.562. The Bertz CT molecular complexity index is 865. The van der Waals surface area contributed by atoms with Gasteiger partial charge in [-0.2, -0.15) is 5.10 Å². The van der Waals surface area contributed by atoms with Crippen LogP contribution in [0, 0.1) is 10.1 Å². The Balaban J connectivity index is 1.91. The molecule has 0 unspecified atom stereocenters. The molecule has 164 valence electrons. The van der Waals surface area contributed by atoms with Gasteiger partial charge in [-0.05, 0) is 25.5 Å².